The molecule has 0 saturated carbocycles. The second-order valence-electron chi connectivity index (χ2n) is 5.09. The number of amides is 2. The molecule has 3 N–H and O–H groups in total. The fourth-order valence-electron chi connectivity index (χ4n) is 2.15. The van der Waals surface area contributed by atoms with Gasteiger partial charge in [-0.2, -0.15) is 5.10 Å². The van der Waals surface area contributed by atoms with Gasteiger partial charge in [0.2, 0.25) is 5.91 Å². The minimum atomic E-state index is -0.408. The smallest absolute Gasteiger partial charge is 0.255 e. The number of primary amides is 1. The molecule has 2 aromatic carbocycles. The number of thioether (sulfide) groups is 1. The molecule has 7 nitrogen and oxygen atoms in total. The second-order valence-corrected chi connectivity index (χ2v) is 6.11. The summed E-state index contributed by atoms with van der Waals surface area (Å²) in [7, 11) is 0. The lowest BCUT2D eigenvalue weighted by molar-refractivity contribution is -0.115. The average molecular weight is 353 g/mol. The van der Waals surface area contributed by atoms with E-state index in [1.165, 1.54) is 18.1 Å². The van der Waals surface area contributed by atoms with Crippen LogP contribution in [0.2, 0.25) is 0 Å². The maximum absolute atomic E-state index is 12.5. The SMILES string of the molecule is NC(=O)CSc1ccccc1NC(=O)c1ccc(-n2cncn2)cc1. The summed E-state index contributed by atoms with van der Waals surface area (Å²) in [5, 5.41) is 6.90. The number of nitrogens with two attached hydrogens (primary N) is 1. The molecule has 0 saturated heterocycles. The van der Waals surface area contributed by atoms with E-state index in [0.717, 1.165) is 10.6 Å². The summed E-state index contributed by atoms with van der Waals surface area (Å²) in [4.78, 5) is 28.1. The van der Waals surface area contributed by atoms with E-state index in [1.54, 1.807) is 41.3 Å². The highest BCUT2D eigenvalue weighted by Crippen LogP contribution is 2.27. The third kappa shape index (κ3) is 4.24. The van der Waals surface area contributed by atoms with Crippen LogP contribution >= 0.6 is 11.8 Å². The normalized spacial score (nSPS) is 10.4. The molecule has 2 amide bonds. The van der Waals surface area contributed by atoms with Crippen molar-refractivity contribution in [3.05, 3.63) is 66.7 Å². The fraction of sp³-hybridized carbons (Fsp3) is 0.0588. The zero-order valence-corrected chi connectivity index (χ0v) is 13.9. The van der Waals surface area contributed by atoms with Gasteiger partial charge in [-0.15, -0.1) is 11.8 Å². The molecule has 0 bridgehead atoms. The van der Waals surface area contributed by atoms with E-state index in [-0.39, 0.29) is 11.7 Å². The number of carbonyl (C=O) groups excluding carboxylic acids is 2. The molecule has 0 aliphatic carbocycles. The van der Waals surface area contributed by atoms with Crippen molar-refractivity contribution in [3.63, 3.8) is 0 Å². The molecular formula is C17H15N5O2S. The van der Waals surface area contributed by atoms with Gasteiger partial charge in [0.1, 0.15) is 12.7 Å². The molecule has 1 aromatic heterocycles. The van der Waals surface area contributed by atoms with E-state index < -0.39 is 5.91 Å². The van der Waals surface area contributed by atoms with Crippen molar-refractivity contribution in [1.29, 1.82) is 0 Å². The highest BCUT2D eigenvalue weighted by atomic mass is 32.2. The van der Waals surface area contributed by atoms with E-state index >= 15 is 0 Å². The molecule has 0 aliphatic rings. The van der Waals surface area contributed by atoms with Gasteiger partial charge in [-0.3, -0.25) is 9.59 Å². The lowest BCUT2D eigenvalue weighted by atomic mass is 10.2. The molecule has 25 heavy (non-hydrogen) atoms. The lowest BCUT2D eigenvalue weighted by Gasteiger charge is -2.10. The van der Waals surface area contributed by atoms with Crippen LogP contribution < -0.4 is 11.1 Å². The Hall–Kier alpha value is -3.13. The van der Waals surface area contributed by atoms with Crippen molar-refractivity contribution in [1.82, 2.24) is 14.8 Å². The minimum absolute atomic E-state index is 0.152. The van der Waals surface area contributed by atoms with Crippen molar-refractivity contribution >= 4 is 29.3 Å². The van der Waals surface area contributed by atoms with Crippen LogP contribution in [-0.2, 0) is 4.79 Å². The van der Waals surface area contributed by atoms with Gasteiger partial charge < -0.3 is 11.1 Å². The highest BCUT2D eigenvalue weighted by molar-refractivity contribution is 8.00. The molecule has 0 radical (unpaired) electrons. The number of hydrogen-bond acceptors (Lipinski definition) is 5. The molecule has 3 aromatic rings. The third-order valence-electron chi connectivity index (χ3n) is 3.32. The van der Waals surface area contributed by atoms with E-state index in [4.69, 9.17) is 5.73 Å². The van der Waals surface area contributed by atoms with Crippen LogP contribution in [0.4, 0.5) is 5.69 Å². The first-order chi connectivity index (χ1) is 12.1. The third-order valence-corrected chi connectivity index (χ3v) is 4.41. The number of hydrogen-bond donors (Lipinski definition) is 2. The van der Waals surface area contributed by atoms with Gasteiger partial charge in [0.25, 0.3) is 5.91 Å². The first kappa shape index (κ1) is 16.7. The Kier molecular flexibility index (Phi) is 5.10. The van der Waals surface area contributed by atoms with Gasteiger partial charge in [-0.05, 0) is 36.4 Å². The zero-order valence-electron chi connectivity index (χ0n) is 13.1. The van der Waals surface area contributed by atoms with Crippen LogP contribution in [0.1, 0.15) is 10.4 Å². The predicted octanol–water partition coefficient (Wildman–Crippen LogP) is 2.10. The van der Waals surface area contributed by atoms with Crippen LogP contribution in [0, 0.1) is 0 Å². The number of aromatic nitrogens is 3. The highest BCUT2D eigenvalue weighted by Gasteiger charge is 2.10. The van der Waals surface area contributed by atoms with Gasteiger partial charge in [0, 0.05) is 10.5 Å². The molecule has 126 valence electrons. The summed E-state index contributed by atoms with van der Waals surface area (Å²) < 4.78 is 1.61. The van der Waals surface area contributed by atoms with E-state index in [9.17, 15) is 9.59 Å². The molecule has 3 rings (SSSR count). The van der Waals surface area contributed by atoms with Gasteiger partial charge in [-0.25, -0.2) is 9.67 Å². The minimum Gasteiger partial charge on any atom is -0.369 e. The number of nitrogens with one attached hydrogen (secondary N) is 1. The number of nitrogens with zero attached hydrogens (tertiary/aromatic N) is 3. The van der Waals surface area contributed by atoms with E-state index in [1.807, 2.05) is 18.2 Å². The van der Waals surface area contributed by atoms with Crippen molar-refractivity contribution in [2.24, 2.45) is 5.73 Å². The quantitative estimate of drug-likeness (QED) is 0.661. The summed E-state index contributed by atoms with van der Waals surface area (Å²) in [5.74, 6) is -0.494. The van der Waals surface area contributed by atoms with Crippen LogP contribution in [0.3, 0.4) is 0 Å². The standard InChI is InChI=1S/C17H15N5O2S/c18-16(23)9-25-15-4-2-1-3-14(15)21-17(24)12-5-7-13(8-6-12)22-11-19-10-20-22/h1-8,10-11H,9H2,(H2,18,23)(H,21,24). The Morgan fingerprint density at radius 3 is 2.56 bits per heavy atom. The fourth-order valence-corrected chi connectivity index (χ4v) is 2.89. The van der Waals surface area contributed by atoms with Crippen molar-refractivity contribution < 1.29 is 9.59 Å². The summed E-state index contributed by atoms with van der Waals surface area (Å²) >= 11 is 1.29. The number of rotatable bonds is 6. The average Bonchev–Trinajstić information content (AvgIpc) is 3.15. The van der Waals surface area contributed by atoms with Crippen molar-refractivity contribution in [2.45, 2.75) is 4.90 Å². The largest absolute Gasteiger partial charge is 0.369 e. The monoisotopic (exact) mass is 353 g/mol. The summed E-state index contributed by atoms with van der Waals surface area (Å²) in [5.41, 5.74) is 7.14. The van der Waals surface area contributed by atoms with Gasteiger partial charge in [0.15, 0.2) is 0 Å². The van der Waals surface area contributed by atoms with Crippen molar-refractivity contribution in [3.8, 4) is 5.69 Å². The maximum Gasteiger partial charge on any atom is 0.255 e. The van der Waals surface area contributed by atoms with E-state index in [2.05, 4.69) is 15.4 Å². The van der Waals surface area contributed by atoms with Crippen LogP contribution in [0.25, 0.3) is 5.69 Å². The van der Waals surface area contributed by atoms with Crippen LogP contribution in [0.15, 0.2) is 66.1 Å². The second kappa shape index (κ2) is 7.63. The summed E-state index contributed by atoms with van der Waals surface area (Å²) in [6, 6.07) is 14.3. The number of para-hydroxylation sites is 1. The molecule has 8 heteroatoms. The molecule has 0 atom stereocenters. The Balaban J connectivity index is 1.73. The first-order valence-electron chi connectivity index (χ1n) is 7.40. The van der Waals surface area contributed by atoms with Crippen molar-refractivity contribution in [2.75, 3.05) is 11.1 Å². The van der Waals surface area contributed by atoms with Crippen LogP contribution in [-0.4, -0.2) is 32.3 Å². The number of anilines is 1. The molecule has 1 heterocycles. The maximum atomic E-state index is 12.5. The Labute approximate surface area is 148 Å². The molecule has 0 spiro atoms. The van der Waals surface area contributed by atoms with Gasteiger partial charge in [0.05, 0.1) is 17.1 Å². The summed E-state index contributed by atoms with van der Waals surface area (Å²) in [6.07, 6.45) is 3.03. The Morgan fingerprint density at radius 2 is 1.88 bits per heavy atom. The topological polar surface area (TPSA) is 103 Å². The van der Waals surface area contributed by atoms with Gasteiger partial charge >= 0.3 is 0 Å². The Bertz CT molecular complexity index is 878. The zero-order chi connectivity index (χ0) is 17.6. The molecule has 0 fully saturated rings. The van der Waals surface area contributed by atoms with E-state index in [0.29, 0.717) is 11.3 Å². The Morgan fingerprint density at radius 1 is 1.12 bits per heavy atom. The summed E-state index contributed by atoms with van der Waals surface area (Å²) in [6.45, 7) is 0. The predicted molar refractivity (Wildman–Crippen MR) is 95.7 cm³/mol. The molecular weight excluding hydrogens is 338 g/mol. The van der Waals surface area contributed by atoms with Gasteiger partial charge in [-0.1, -0.05) is 12.1 Å². The molecule has 0 aliphatic heterocycles. The first-order valence-corrected chi connectivity index (χ1v) is 8.38. The number of benzene rings is 2. The van der Waals surface area contributed by atoms with Crippen LogP contribution in [0.5, 0.6) is 0 Å². The molecule has 0 unspecified atom stereocenters. The number of carbonyl (C=O) groups is 2. The lowest BCUT2D eigenvalue weighted by Crippen LogP contribution is -2.14.